The lowest BCUT2D eigenvalue weighted by Crippen LogP contribution is -2.33. The van der Waals surface area contributed by atoms with Crippen LogP contribution in [-0.2, 0) is 0 Å². The zero-order chi connectivity index (χ0) is 7.56. The fourth-order valence-electron chi connectivity index (χ4n) is 1.67. The molecule has 60 valence electrons. The van der Waals surface area contributed by atoms with E-state index in [2.05, 4.69) is 19.2 Å². The maximum Gasteiger partial charge on any atom is 0.0587 e. The number of hydrogen-bond donors (Lipinski definition) is 2. The van der Waals surface area contributed by atoms with Crippen molar-refractivity contribution in [2.75, 3.05) is 6.61 Å². The summed E-state index contributed by atoms with van der Waals surface area (Å²) in [6, 6.07) is 0.997. The molecule has 1 fully saturated rings. The van der Waals surface area contributed by atoms with Gasteiger partial charge in [-0.05, 0) is 18.8 Å². The minimum atomic E-state index is 0.289. The Morgan fingerprint density at radius 3 is 2.60 bits per heavy atom. The van der Waals surface area contributed by atoms with Crippen molar-refractivity contribution in [1.82, 2.24) is 5.32 Å². The highest BCUT2D eigenvalue weighted by Crippen LogP contribution is 2.20. The Labute approximate surface area is 62.6 Å². The quantitative estimate of drug-likeness (QED) is 0.598. The van der Waals surface area contributed by atoms with Crippen molar-refractivity contribution in [3.8, 4) is 0 Å². The third-order valence-corrected chi connectivity index (χ3v) is 2.48. The van der Waals surface area contributed by atoms with E-state index in [0.717, 1.165) is 0 Å². The van der Waals surface area contributed by atoms with Gasteiger partial charge in [-0.3, -0.25) is 0 Å². The summed E-state index contributed by atoms with van der Waals surface area (Å²) in [5.74, 6) is 0.648. The van der Waals surface area contributed by atoms with Gasteiger partial charge in [0, 0.05) is 12.1 Å². The lowest BCUT2D eigenvalue weighted by atomic mass is 10.0. The summed E-state index contributed by atoms with van der Waals surface area (Å²) in [7, 11) is 0. The Hall–Kier alpha value is -0.0800. The summed E-state index contributed by atoms with van der Waals surface area (Å²) >= 11 is 0. The summed E-state index contributed by atoms with van der Waals surface area (Å²) < 4.78 is 0. The third kappa shape index (κ3) is 1.50. The van der Waals surface area contributed by atoms with Gasteiger partial charge >= 0.3 is 0 Å². The number of aliphatic hydroxyl groups is 1. The molecule has 10 heavy (non-hydrogen) atoms. The van der Waals surface area contributed by atoms with Crippen molar-refractivity contribution in [1.29, 1.82) is 0 Å². The van der Waals surface area contributed by atoms with E-state index in [4.69, 9.17) is 5.11 Å². The molecule has 1 aliphatic heterocycles. The number of nitrogens with one attached hydrogen (secondary N) is 1. The molecule has 0 aromatic heterocycles. The molecule has 2 N–H and O–H groups in total. The van der Waals surface area contributed by atoms with E-state index >= 15 is 0 Å². The van der Waals surface area contributed by atoms with Gasteiger partial charge in [0.05, 0.1) is 6.61 Å². The number of rotatable bonds is 2. The largest absolute Gasteiger partial charge is 0.395 e. The predicted molar refractivity (Wildman–Crippen MR) is 41.9 cm³/mol. The van der Waals surface area contributed by atoms with Crippen LogP contribution >= 0.6 is 0 Å². The second-order valence-electron chi connectivity index (χ2n) is 3.27. The highest BCUT2D eigenvalue weighted by Gasteiger charge is 2.28. The van der Waals surface area contributed by atoms with Crippen LogP contribution in [0.4, 0.5) is 0 Å². The van der Waals surface area contributed by atoms with Crippen LogP contribution in [0, 0.1) is 5.92 Å². The molecule has 3 unspecified atom stereocenters. The molecule has 1 aliphatic rings. The van der Waals surface area contributed by atoms with Gasteiger partial charge in [-0.15, -0.1) is 0 Å². The highest BCUT2D eigenvalue weighted by atomic mass is 16.3. The van der Waals surface area contributed by atoms with Gasteiger partial charge in [0.15, 0.2) is 0 Å². The van der Waals surface area contributed by atoms with Crippen LogP contribution in [0.25, 0.3) is 0 Å². The summed E-state index contributed by atoms with van der Waals surface area (Å²) in [4.78, 5) is 0. The molecule has 0 aromatic carbocycles. The molecular formula is C8H17NO. The van der Waals surface area contributed by atoms with E-state index in [9.17, 15) is 0 Å². The molecular weight excluding hydrogens is 126 g/mol. The lowest BCUT2D eigenvalue weighted by Gasteiger charge is -2.11. The zero-order valence-corrected chi connectivity index (χ0v) is 6.80. The zero-order valence-electron chi connectivity index (χ0n) is 6.80. The van der Waals surface area contributed by atoms with E-state index in [1.165, 1.54) is 12.8 Å². The second kappa shape index (κ2) is 3.35. The van der Waals surface area contributed by atoms with Crippen LogP contribution in [0.1, 0.15) is 26.7 Å². The highest BCUT2D eigenvalue weighted by molar-refractivity contribution is 4.86. The first-order valence-electron chi connectivity index (χ1n) is 4.14. The van der Waals surface area contributed by atoms with Gasteiger partial charge in [0.2, 0.25) is 0 Å². The standard InChI is InChI=1S/C8H17NO/c1-3-7-4-6(2)8(5-10)9-7/h6-10H,3-5H2,1-2H3. The van der Waals surface area contributed by atoms with Crippen molar-refractivity contribution in [2.24, 2.45) is 5.92 Å². The van der Waals surface area contributed by atoms with Gasteiger partial charge < -0.3 is 10.4 Å². The first-order chi connectivity index (χ1) is 4.77. The van der Waals surface area contributed by atoms with E-state index in [1.54, 1.807) is 0 Å². The van der Waals surface area contributed by atoms with Gasteiger partial charge in [0.1, 0.15) is 0 Å². The monoisotopic (exact) mass is 143 g/mol. The van der Waals surface area contributed by atoms with E-state index in [1.807, 2.05) is 0 Å². The Morgan fingerprint density at radius 2 is 2.30 bits per heavy atom. The van der Waals surface area contributed by atoms with Crippen LogP contribution in [0.3, 0.4) is 0 Å². The molecule has 1 heterocycles. The summed E-state index contributed by atoms with van der Waals surface area (Å²) in [6.45, 7) is 4.67. The summed E-state index contributed by atoms with van der Waals surface area (Å²) in [6.07, 6.45) is 2.41. The average molecular weight is 143 g/mol. The predicted octanol–water partition coefficient (Wildman–Crippen LogP) is 0.755. The van der Waals surface area contributed by atoms with Crippen molar-refractivity contribution >= 4 is 0 Å². The molecule has 0 bridgehead atoms. The Kier molecular flexibility index (Phi) is 2.69. The minimum absolute atomic E-state index is 0.289. The molecule has 2 heteroatoms. The molecule has 0 radical (unpaired) electrons. The van der Waals surface area contributed by atoms with Crippen LogP contribution in [0.2, 0.25) is 0 Å². The van der Waals surface area contributed by atoms with Crippen LogP contribution in [-0.4, -0.2) is 23.8 Å². The first-order valence-corrected chi connectivity index (χ1v) is 4.14. The van der Waals surface area contributed by atoms with Crippen molar-refractivity contribution < 1.29 is 5.11 Å². The topological polar surface area (TPSA) is 32.3 Å². The van der Waals surface area contributed by atoms with E-state index in [-0.39, 0.29) is 6.61 Å². The average Bonchev–Trinajstić information content (AvgIpc) is 2.30. The SMILES string of the molecule is CCC1CC(C)C(CO)N1. The fraction of sp³-hybridized carbons (Fsp3) is 1.00. The Morgan fingerprint density at radius 1 is 1.60 bits per heavy atom. The normalized spacial score (nSPS) is 40.5. The maximum atomic E-state index is 8.89. The number of aliphatic hydroxyl groups excluding tert-OH is 1. The third-order valence-electron chi connectivity index (χ3n) is 2.48. The molecule has 1 saturated heterocycles. The smallest absolute Gasteiger partial charge is 0.0587 e. The van der Waals surface area contributed by atoms with E-state index in [0.29, 0.717) is 18.0 Å². The van der Waals surface area contributed by atoms with E-state index < -0.39 is 0 Å². The van der Waals surface area contributed by atoms with Gasteiger partial charge in [0.25, 0.3) is 0 Å². The minimum Gasteiger partial charge on any atom is -0.395 e. The molecule has 3 atom stereocenters. The first kappa shape index (κ1) is 8.02. The molecule has 0 saturated carbocycles. The molecule has 1 rings (SSSR count). The van der Waals surface area contributed by atoms with Crippen molar-refractivity contribution in [3.05, 3.63) is 0 Å². The number of hydrogen-bond acceptors (Lipinski definition) is 2. The van der Waals surface area contributed by atoms with Gasteiger partial charge in [-0.2, -0.15) is 0 Å². The van der Waals surface area contributed by atoms with Crippen molar-refractivity contribution in [2.45, 2.75) is 38.8 Å². The lowest BCUT2D eigenvalue weighted by molar-refractivity contribution is 0.231. The van der Waals surface area contributed by atoms with Crippen LogP contribution in [0.5, 0.6) is 0 Å². The molecule has 0 amide bonds. The molecule has 0 aromatic rings. The summed E-state index contributed by atoms with van der Waals surface area (Å²) in [5, 5.41) is 12.3. The Balaban J connectivity index is 2.36. The second-order valence-corrected chi connectivity index (χ2v) is 3.27. The van der Waals surface area contributed by atoms with Gasteiger partial charge in [-0.25, -0.2) is 0 Å². The van der Waals surface area contributed by atoms with Crippen LogP contribution in [0.15, 0.2) is 0 Å². The Bertz CT molecular complexity index is 105. The molecule has 2 nitrogen and oxygen atoms in total. The molecule has 0 aliphatic carbocycles. The van der Waals surface area contributed by atoms with Gasteiger partial charge in [-0.1, -0.05) is 13.8 Å². The van der Waals surface area contributed by atoms with Crippen molar-refractivity contribution in [3.63, 3.8) is 0 Å². The summed E-state index contributed by atoms with van der Waals surface area (Å²) in [5.41, 5.74) is 0. The fourth-order valence-corrected chi connectivity index (χ4v) is 1.67. The maximum absolute atomic E-state index is 8.89. The molecule has 0 spiro atoms. The van der Waals surface area contributed by atoms with Crippen LogP contribution < -0.4 is 5.32 Å².